The number of pyridine rings is 1. The lowest BCUT2D eigenvalue weighted by molar-refractivity contribution is 0.0940. The van der Waals surface area contributed by atoms with E-state index in [1.54, 1.807) is 17.5 Å². The summed E-state index contributed by atoms with van der Waals surface area (Å²) in [5.41, 5.74) is 2.25. The van der Waals surface area contributed by atoms with Crippen molar-refractivity contribution in [1.29, 1.82) is 0 Å². The molecule has 0 bridgehead atoms. The molecule has 1 atom stereocenters. The Hall–Kier alpha value is -1.95. The number of carbonyl (C=O) groups excluding carboxylic acids is 1. The number of aromatic nitrogens is 2. The molecule has 2 aromatic heterocycles. The molecule has 5 nitrogen and oxygen atoms in total. The van der Waals surface area contributed by atoms with Gasteiger partial charge in [-0.1, -0.05) is 0 Å². The topological polar surface area (TPSA) is 66.9 Å². The fraction of sp³-hybridized carbons (Fsp3) is 0.400. The van der Waals surface area contributed by atoms with Crippen LogP contribution in [0, 0.1) is 13.8 Å². The Labute approximate surface area is 128 Å². The van der Waals surface area contributed by atoms with Gasteiger partial charge in [-0.2, -0.15) is 0 Å². The molecule has 0 aliphatic rings. The van der Waals surface area contributed by atoms with Crippen LogP contribution in [-0.2, 0) is 0 Å². The summed E-state index contributed by atoms with van der Waals surface area (Å²) in [6.07, 6.45) is 3.43. The molecule has 0 saturated heterocycles. The molecule has 0 aromatic carbocycles. The van der Waals surface area contributed by atoms with Gasteiger partial charge < -0.3 is 10.6 Å². The van der Waals surface area contributed by atoms with Gasteiger partial charge in [-0.15, -0.1) is 11.3 Å². The molecule has 0 fully saturated rings. The monoisotopic (exact) mass is 304 g/mol. The third-order valence-corrected chi connectivity index (χ3v) is 4.11. The number of aryl methyl sites for hydroxylation is 2. The molecule has 0 aliphatic heterocycles. The third-order valence-electron chi connectivity index (χ3n) is 3.01. The Morgan fingerprint density at radius 2 is 2.10 bits per heavy atom. The van der Waals surface area contributed by atoms with E-state index in [4.69, 9.17) is 0 Å². The van der Waals surface area contributed by atoms with Crippen LogP contribution in [0.2, 0.25) is 0 Å². The van der Waals surface area contributed by atoms with Crippen LogP contribution in [0.5, 0.6) is 0 Å². The maximum absolute atomic E-state index is 12.4. The molecule has 2 aromatic rings. The van der Waals surface area contributed by atoms with Crippen LogP contribution in [0.3, 0.4) is 0 Å². The second-order valence-electron chi connectivity index (χ2n) is 4.91. The van der Waals surface area contributed by atoms with E-state index in [-0.39, 0.29) is 11.9 Å². The summed E-state index contributed by atoms with van der Waals surface area (Å²) in [4.78, 5) is 22.1. The number of carbonyl (C=O) groups is 1. The first kappa shape index (κ1) is 15.4. The van der Waals surface area contributed by atoms with Crippen LogP contribution in [0.25, 0.3) is 0 Å². The molecule has 0 spiro atoms. The number of thiazole rings is 1. The summed E-state index contributed by atoms with van der Waals surface area (Å²) in [6, 6.07) is 1.77. The van der Waals surface area contributed by atoms with Gasteiger partial charge in [0.2, 0.25) is 0 Å². The van der Waals surface area contributed by atoms with Gasteiger partial charge in [-0.25, -0.2) is 4.98 Å². The van der Waals surface area contributed by atoms with Gasteiger partial charge >= 0.3 is 0 Å². The molecule has 2 heterocycles. The van der Waals surface area contributed by atoms with Crippen molar-refractivity contribution >= 4 is 22.9 Å². The van der Waals surface area contributed by atoms with Crippen molar-refractivity contribution in [2.24, 2.45) is 0 Å². The lowest BCUT2D eigenvalue weighted by Crippen LogP contribution is -2.27. The minimum Gasteiger partial charge on any atom is -0.385 e. The van der Waals surface area contributed by atoms with E-state index in [2.05, 4.69) is 20.6 Å². The van der Waals surface area contributed by atoms with Gasteiger partial charge in [0.25, 0.3) is 5.91 Å². The minimum absolute atomic E-state index is 0.119. The zero-order valence-corrected chi connectivity index (χ0v) is 13.5. The number of nitrogens with one attached hydrogen (secondary N) is 2. The van der Waals surface area contributed by atoms with Crippen LogP contribution in [0.4, 0.5) is 5.69 Å². The Bertz CT molecular complexity index is 638. The maximum atomic E-state index is 12.4. The van der Waals surface area contributed by atoms with E-state index >= 15 is 0 Å². The number of hydrogen-bond donors (Lipinski definition) is 2. The molecule has 21 heavy (non-hydrogen) atoms. The molecule has 0 saturated carbocycles. The normalized spacial score (nSPS) is 12.0. The summed E-state index contributed by atoms with van der Waals surface area (Å²) >= 11 is 1.59. The second-order valence-corrected chi connectivity index (χ2v) is 6.17. The van der Waals surface area contributed by atoms with E-state index in [0.717, 1.165) is 27.8 Å². The minimum atomic E-state index is -0.140. The average Bonchev–Trinajstić information content (AvgIpc) is 2.86. The van der Waals surface area contributed by atoms with E-state index in [1.165, 1.54) is 0 Å². The van der Waals surface area contributed by atoms with Gasteiger partial charge in [-0.05, 0) is 33.8 Å². The first-order valence-electron chi connectivity index (χ1n) is 6.95. The smallest absolute Gasteiger partial charge is 0.255 e. The molecular formula is C15H20N4OS. The molecule has 0 aliphatic carbocycles. The van der Waals surface area contributed by atoms with E-state index in [1.807, 2.05) is 40.0 Å². The van der Waals surface area contributed by atoms with E-state index in [0.29, 0.717) is 5.56 Å². The molecule has 1 amide bonds. The van der Waals surface area contributed by atoms with Gasteiger partial charge in [0.1, 0.15) is 5.01 Å². The van der Waals surface area contributed by atoms with Crippen molar-refractivity contribution in [1.82, 2.24) is 15.3 Å². The van der Waals surface area contributed by atoms with Crippen LogP contribution in [-0.4, -0.2) is 22.4 Å². The number of nitrogens with zero attached hydrogens (tertiary/aromatic N) is 2. The van der Waals surface area contributed by atoms with Crippen molar-refractivity contribution in [3.8, 4) is 0 Å². The number of hydrogen-bond acceptors (Lipinski definition) is 5. The maximum Gasteiger partial charge on any atom is 0.255 e. The van der Waals surface area contributed by atoms with Crippen LogP contribution >= 0.6 is 11.3 Å². The Balaban J connectivity index is 2.16. The molecule has 2 rings (SSSR count). The van der Waals surface area contributed by atoms with Gasteiger partial charge in [-0.3, -0.25) is 9.78 Å². The number of amides is 1. The van der Waals surface area contributed by atoms with Gasteiger partial charge in [0, 0.05) is 29.5 Å². The van der Waals surface area contributed by atoms with Crippen LogP contribution in [0.1, 0.15) is 45.8 Å². The molecule has 6 heteroatoms. The highest BCUT2D eigenvalue weighted by atomic mass is 32.1. The Morgan fingerprint density at radius 3 is 2.71 bits per heavy atom. The molecule has 1 unspecified atom stereocenters. The third kappa shape index (κ3) is 3.78. The number of rotatable bonds is 5. The first-order chi connectivity index (χ1) is 10.0. The van der Waals surface area contributed by atoms with Crippen molar-refractivity contribution in [2.45, 2.75) is 33.7 Å². The van der Waals surface area contributed by atoms with E-state index in [9.17, 15) is 4.79 Å². The fourth-order valence-corrected chi connectivity index (χ4v) is 2.76. The fourth-order valence-electron chi connectivity index (χ4n) is 1.99. The van der Waals surface area contributed by atoms with Crippen molar-refractivity contribution in [3.05, 3.63) is 39.6 Å². The second kappa shape index (κ2) is 6.67. The Kier molecular flexibility index (Phi) is 4.90. The summed E-state index contributed by atoms with van der Waals surface area (Å²) in [6.45, 7) is 8.60. The lowest BCUT2D eigenvalue weighted by Gasteiger charge is -2.14. The van der Waals surface area contributed by atoms with Crippen molar-refractivity contribution < 1.29 is 4.79 Å². The largest absolute Gasteiger partial charge is 0.385 e. The standard InChI is InChI=1S/C15H20N4OS/c1-5-16-13-6-9(2)17-8-12(13)14(20)19-11(4)15-18-7-10(3)21-15/h6-8,11H,5H2,1-4H3,(H,16,17)(H,19,20). The summed E-state index contributed by atoms with van der Waals surface area (Å²) < 4.78 is 0. The molecule has 112 valence electrons. The predicted octanol–water partition coefficient (Wildman–Crippen LogP) is 3.08. The SMILES string of the molecule is CCNc1cc(C)ncc1C(=O)NC(C)c1ncc(C)s1. The van der Waals surface area contributed by atoms with Gasteiger partial charge in [0.05, 0.1) is 17.3 Å². The zero-order valence-electron chi connectivity index (χ0n) is 12.7. The highest BCUT2D eigenvalue weighted by molar-refractivity contribution is 7.11. The van der Waals surface area contributed by atoms with Crippen molar-refractivity contribution in [3.63, 3.8) is 0 Å². The number of anilines is 1. The highest BCUT2D eigenvalue weighted by Gasteiger charge is 2.17. The van der Waals surface area contributed by atoms with Crippen LogP contribution in [0.15, 0.2) is 18.5 Å². The van der Waals surface area contributed by atoms with E-state index < -0.39 is 0 Å². The average molecular weight is 304 g/mol. The predicted molar refractivity (Wildman–Crippen MR) is 85.9 cm³/mol. The summed E-state index contributed by atoms with van der Waals surface area (Å²) in [7, 11) is 0. The zero-order chi connectivity index (χ0) is 15.4. The summed E-state index contributed by atoms with van der Waals surface area (Å²) in [5.74, 6) is -0.140. The Morgan fingerprint density at radius 1 is 1.33 bits per heavy atom. The lowest BCUT2D eigenvalue weighted by atomic mass is 10.2. The highest BCUT2D eigenvalue weighted by Crippen LogP contribution is 2.21. The quantitative estimate of drug-likeness (QED) is 0.891. The molecular weight excluding hydrogens is 284 g/mol. The first-order valence-corrected chi connectivity index (χ1v) is 7.76. The van der Waals surface area contributed by atoms with Crippen molar-refractivity contribution in [2.75, 3.05) is 11.9 Å². The summed E-state index contributed by atoms with van der Waals surface area (Å²) in [5, 5.41) is 7.08. The molecule has 0 radical (unpaired) electrons. The van der Waals surface area contributed by atoms with Gasteiger partial charge in [0.15, 0.2) is 0 Å². The van der Waals surface area contributed by atoms with Crippen LogP contribution < -0.4 is 10.6 Å². The molecule has 2 N–H and O–H groups in total.